The van der Waals surface area contributed by atoms with Gasteiger partial charge in [-0.25, -0.2) is 9.97 Å². The molecule has 0 spiro atoms. The second kappa shape index (κ2) is 6.10. The number of hydrogen-bond acceptors (Lipinski definition) is 4. The van der Waals surface area contributed by atoms with E-state index in [1.807, 2.05) is 0 Å². The summed E-state index contributed by atoms with van der Waals surface area (Å²) in [6.45, 7) is 0. The predicted octanol–water partition coefficient (Wildman–Crippen LogP) is 3.69. The number of carbonyl (C=O) groups excluding carboxylic acids is 1. The molecule has 0 fully saturated rings. The first-order chi connectivity index (χ1) is 10.4. The van der Waals surface area contributed by atoms with Gasteiger partial charge in [-0.2, -0.15) is 13.2 Å². The Hall–Kier alpha value is -3.13. The van der Waals surface area contributed by atoms with E-state index in [9.17, 15) is 18.0 Å². The number of aromatic nitrogens is 2. The molecular formula is C12H7F3N6O. The van der Waals surface area contributed by atoms with Gasteiger partial charge in [-0.15, -0.1) is 0 Å². The average molecular weight is 308 g/mol. The monoisotopic (exact) mass is 308 g/mol. The lowest BCUT2D eigenvalue weighted by Crippen LogP contribution is -2.16. The van der Waals surface area contributed by atoms with E-state index in [2.05, 4.69) is 25.3 Å². The van der Waals surface area contributed by atoms with Crippen molar-refractivity contribution < 1.29 is 18.0 Å². The van der Waals surface area contributed by atoms with Gasteiger partial charge in [-0.3, -0.25) is 4.79 Å². The van der Waals surface area contributed by atoms with E-state index in [-0.39, 0.29) is 5.82 Å². The summed E-state index contributed by atoms with van der Waals surface area (Å²) in [5.74, 6) is -0.657. The van der Waals surface area contributed by atoms with Gasteiger partial charge in [0.05, 0.1) is 11.3 Å². The van der Waals surface area contributed by atoms with Crippen molar-refractivity contribution in [2.45, 2.75) is 6.18 Å². The molecule has 0 aliphatic rings. The van der Waals surface area contributed by atoms with Gasteiger partial charge in [0, 0.05) is 17.3 Å². The van der Waals surface area contributed by atoms with Crippen molar-refractivity contribution in [1.29, 1.82) is 0 Å². The minimum Gasteiger partial charge on any atom is -0.305 e. The maximum atomic E-state index is 12.6. The molecule has 7 nitrogen and oxygen atoms in total. The van der Waals surface area contributed by atoms with Crippen molar-refractivity contribution in [1.82, 2.24) is 9.97 Å². The lowest BCUT2D eigenvalue weighted by atomic mass is 10.2. The van der Waals surface area contributed by atoms with Gasteiger partial charge >= 0.3 is 6.18 Å². The number of nitrogens with zero attached hydrogens (tertiary/aromatic N) is 5. The molecule has 1 amide bonds. The summed E-state index contributed by atoms with van der Waals surface area (Å²) in [6, 6.07) is 5.27. The van der Waals surface area contributed by atoms with Gasteiger partial charge in [0.1, 0.15) is 11.5 Å². The highest BCUT2D eigenvalue weighted by molar-refractivity contribution is 6.05. The molecule has 0 saturated carbocycles. The van der Waals surface area contributed by atoms with E-state index in [1.165, 1.54) is 12.3 Å². The van der Waals surface area contributed by atoms with Crippen LogP contribution in [0.25, 0.3) is 10.4 Å². The molecule has 22 heavy (non-hydrogen) atoms. The number of pyridine rings is 2. The summed E-state index contributed by atoms with van der Waals surface area (Å²) in [5, 5.41) is 5.42. The summed E-state index contributed by atoms with van der Waals surface area (Å²) in [6.07, 6.45) is -2.75. The molecule has 0 aliphatic heterocycles. The number of anilines is 1. The van der Waals surface area contributed by atoms with E-state index < -0.39 is 29.0 Å². The van der Waals surface area contributed by atoms with Crippen LogP contribution in [0.15, 0.2) is 41.8 Å². The molecule has 2 aromatic rings. The van der Waals surface area contributed by atoms with Crippen LogP contribution < -0.4 is 5.32 Å². The number of rotatable bonds is 3. The molecule has 0 radical (unpaired) electrons. The molecule has 0 aliphatic carbocycles. The van der Waals surface area contributed by atoms with E-state index in [4.69, 9.17) is 5.53 Å². The molecule has 1 N–H and O–H groups in total. The van der Waals surface area contributed by atoms with Crippen molar-refractivity contribution in [3.05, 3.63) is 58.4 Å². The van der Waals surface area contributed by atoms with Crippen molar-refractivity contribution >= 4 is 17.4 Å². The van der Waals surface area contributed by atoms with Crippen LogP contribution in [0, 0.1) is 0 Å². The van der Waals surface area contributed by atoms with Crippen LogP contribution in [0.1, 0.15) is 16.1 Å². The van der Waals surface area contributed by atoms with Crippen LogP contribution in [0.4, 0.5) is 24.7 Å². The van der Waals surface area contributed by atoms with Gasteiger partial charge in [0.2, 0.25) is 0 Å². The van der Waals surface area contributed by atoms with Crippen LogP contribution in [0.2, 0.25) is 0 Å². The lowest BCUT2D eigenvalue weighted by molar-refractivity contribution is -0.137. The zero-order chi connectivity index (χ0) is 16.2. The van der Waals surface area contributed by atoms with E-state index >= 15 is 0 Å². The van der Waals surface area contributed by atoms with Crippen LogP contribution in [-0.2, 0) is 6.18 Å². The smallest absolute Gasteiger partial charge is 0.305 e. The van der Waals surface area contributed by atoms with Crippen molar-refractivity contribution in [2.75, 3.05) is 5.32 Å². The van der Waals surface area contributed by atoms with E-state index in [1.54, 1.807) is 12.1 Å². The Kier molecular flexibility index (Phi) is 4.23. The first-order valence-corrected chi connectivity index (χ1v) is 5.76. The lowest BCUT2D eigenvalue weighted by Gasteiger charge is -2.10. The van der Waals surface area contributed by atoms with Crippen molar-refractivity contribution in [3.8, 4) is 0 Å². The molecule has 0 bridgehead atoms. The molecule has 0 unspecified atom stereocenters. The molecule has 0 saturated heterocycles. The number of halogens is 3. The third-order valence-electron chi connectivity index (χ3n) is 2.47. The summed E-state index contributed by atoms with van der Waals surface area (Å²) in [5.41, 5.74) is 6.34. The number of nitrogens with one attached hydrogen (secondary N) is 1. The van der Waals surface area contributed by atoms with Crippen molar-refractivity contribution in [2.24, 2.45) is 5.11 Å². The fourth-order valence-corrected chi connectivity index (χ4v) is 1.52. The minimum absolute atomic E-state index is 0.182. The standard InChI is InChI=1S/C12H7F3N6O/c13-12(14,15)7-5-8(20-21-16)10(18-6-7)11(22)19-9-3-1-2-4-17-9/h1-6H,(H,17,19,22). The highest BCUT2D eigenvalue weighted by Crippen LogP contribution is 2.32. The topological polar surface area (TPSA) is 104 Å². The zero-order valence-electron chi connectivity index (χ0n) is 10.7. The van der Waals surface area contributed by atoms with Crippen LogP contribution in [0.3, 0.4) is 0 Å². The maximum Gasteiger partial charge on any atom is 0.417 e. The van der Waals surface area contributed by atoms with Crippen molar-refractivity contribution in [3.63, 3.8) is 0 Å². The first-order valence-electron chi connectivity index (χ1n) is 5.76. The predicted molar refractivity (Wildman–Crippen MR) is 70.2 cm³/mol. The summed E-state index contributed by atoms with van der Waals surface area (Å²) < 4.78 is 37.8. The van der Waals surface area contributed by atoms with Gasteiger partial charge in [0.15, 0.2) is 0 Å². The third-order valence-corrected chi connectivity index (χ3v) is 2.47. The Morgan fingerprint density at radius 2 is 2.09 bits per heavy atom. The number of alkyl halides is 3. The molecule has 2 aromatic heterocycles. The Bertz CT molecular complexity index is 740. The van der Waals surface area contributed by atoms with Gasteiger partial charge in [0.25, 0.3) is 5.91 Å². The Labute approximate surface area is 121 Å². The van der Waals surface area contributed by atoms with Gasteiger partial charge in [-0.1, -0.05) is 11.2 Å². The van der Waals surface area contributed by atoms with Gasteiger partial charge in [-0.05, 0) is 23.7 Å². The van der Waals surface area contributed by atoms with Gasteiger partial charge < -0.3 is 5.32 Å². The largest absolute Gasteiger partial charge is 0.417 e. The molecule has 2 rings (SSSR count). The number of hydrogen-bond donors (Lipinski definition) is 1. The molecule has 112 valence electrons. The normalized spacial score (nSPS) is 10.7. The fourth-order valence-electron chi connectivity index (χ4n) is 1.52. The summed E-state index contributed by atoms with van der Waals surface area (Å²) in [4.78, 5) is 21.7. The summed E-state index contributed by atoms with van der Waals surface area (Å²) in [7, 11) is 0. The highest BCUT2D eigenvalue weighted by atomic mass is 19.4. The summed E-state index contributed by atoms with van der Waals surface area (Å²) >= 11 is 0. The molecule has 10 heteroatoms. The number of carbonyl (C=O) groups is 1. The Morgan fingerprint density at radius 3 is 2.68 bits per heavy atom. The zero-order valence-corrected chi connectivity index (χ0v) is 10.7. The Balaban J connectivity index is 2.37. The van der Waals surface area contributed by atoms with E-state index in [0.29, 0.717) is 12.3 Å². The number of amides is 1. The van der Waals surface area contributed by atoms with E-state index in [0.717, 1.165) is 0 Å². The average Bonchev–Trinajstić information content (AvgIpc) is 2.47. The minimum atomic E-state index is -4.66. The van der Waals surface area contributed by atoms with Crippen LogP contribution >= 0.6 is 0 Å². The Morgan fingerprint density at radius 1 is 1.32 bits per heavy atom. The molecular weight excluding hydrogens is 301 g/mol. The fraction of sp³-hybridized carbons (Fsp3) is 0.0833. The second-order valence-corrected chi connectivity index (χ2v) is 3.95. The highest BCUT2D eigenvalue weighted by Gasteiger charge is 2.32. The van der Waals surface area contributed by atoms with Crippen LogP contribution in [-0.4, -0.2) is 15.9 Å². The van der Waals surface area contributed by atoms with Crippen LogP contribution in [0.5, 0.6) is 0 Å². The SMILES string of the molecule is [N-]=[N+]=Nc1cc(C(F)(F)F)cnc1C(=O)Nc1ccccn1. The quantitative estimate of drug-likeness (QED) is 0.531. The molecule has 0 atom stereocenters. The molecule has 0 aromatic carbocycles. The molecule has 2 heterocycles. The number of azide groups is 1. The first kappa shape index (κ1) is 15.3. The third kappa shape index (κ3) is 3.49. The second-order valence-electron chi connectivity index (χ2n) is 3.95. The maximum absolute atomic E-state index is 12.6.